The van der Waals surface area contributed by atoms with Gasteiger partial charge in [-0.2, -0.15) is 0 Å². The lowest BCUT2D eigenvalue weighted by molar-refractivity contribution is -0.131. The third-order valence-corrected chi connectivity index (χ3v) is 3.26. The molecule has 1 aromatic carbocycles. The highest BCUT2D eigenvalue weighted by Gasteiger charge is 2.08. The summed E-state index contributed by atoms with van der Waals surface area (Å²) in [5, 5.41) is 1.89. The van der Waals surface area contributed by atoms with Crippen molar-refractivity contribution >= 4 is 23.1 Å². The van der Waals surface area contributed by atoms with Crippen LogP contribution in [0.3, 0.4) is 0 Å². The second kappa shape index (κ2) is 5.60. The van der Waals surface area contributed by atoms with E-state index in [2.05, 4.69) is 0 Å². The highest BCUT2D eigenvalue weighted by atomic mass is 32.1. The molecular weight excluding hydrogens is 248 g/mol. The molecule has 0 fully saturated rings. The van der Waals surface area contributed by atoms with Gasteiger partial charge < -0.3 is 4.74 Å². The van der Waals surface area contributed by atoms with Crippen LogP contribution in [0, 0.1) is 0 Å². The van der Waals surface area contributed by atoms with Gasteiger partial charge in [-0.1, -0.05) is 18.2 Å². The Hall–Kier alpha value is -1.94. The maximum absolute atomic E-state index is 11.9. The predicted molar refractivity (Wildman–Crippen MR) is 70.1 cm³/mol. The molecule has 3 nitrogen and oxygen atoms in total. The van der Waals surface area contributed by atoms with Crippen LogP contribution in [0.5, 0.6) is 5.75 Å². The molecule has 0 aliphatic carbocycles. The molecule has 18 heavy (non-hydrogen) atoms. The number of thiophene rings is 1. The molecule has 1 heterocycles. The molecule has 0 atom stereocenters. The van der Waals surface area contributed by atoms with E-state index in [1.54, 1.807) is 24.3 Å². The number of ketones is 1. The minimum atomic E-state index is -0.350. The first-order chi connectivity index (χ1) is 8.65. The zero-order chi connectivity index (χ0) is 13.0. The number of carbonyl (C=O) groups excluding carboxylic acids is 2. The van der Waals surface area contributed by atoms with Gasteiger partial charge in [0.15, 0.2) is 5.78 Å². The molecule has 1 aromatic heterocycles. The Labute approximate surface area is 109 Å². The molecule has 0 amide bonds. The van der Waals surface area contributed by atoms with Gasteiger partial charge in [-0.3, -0.25) is 9.59 Å². The Morgan fingerprint density at radius 1 is 1.17 bits per heavy atom. The average molecular weight is 260 g/mol. The van der Waals surface area contributed by atoms with E-state index >= 15 is 0 Å². The topological polar surface area (TPSA) is 43.4 Å². The quantitative estimate of drug-likeness (QED) is 0.482. The summed E-state index contributed by atoms with van der Waals surface area (Å²) in [5.74, 6) is 0.248. The van der Waals surface area contributed by atoms with E-state index in [1.165, 1.54) is 18.3 Å². The number of Topliss-reactive ketones (excluding diaryl/α,β-unsaturated/α-hetero) is 1. The zero-order valence-corrected chi connectivity index (χ0v) is 10.7. The molecule has 2 rings (SSSR count). The van der Waals surface area contributed by atoms with E-state index in [4.69, 9.17) is 4.74 Å². The lowest BCUT2D eigenvalue weighted by atomic mass is 10.1. The maximum atomic E-state index is 11.9. The number of esters is 1. The van der Waals surface area contributed by atoms with Crippen LogP contribution in [0.2, 0.25) is 0 Å². The second-order valence-electron chi connectivity index (χ2n) is 3.81. The molecule has 0 N–H and O–H groups in total. The fraction of sp³-hybridized carbons (Fsp3) is 0.143. The molecule has 0 unspecified atom stereocenters. The van der Waals surface area contributed by atoms with Crippen molar-refractivity contribution in [2.24, 2.45) is 0 Å². The monoisotopic (exact) mass is 260 g/mol. The Bertz CT molecular complexity index is 541. The molecule has 92 valence electrons. The Morgan fingerprint density at radius 2 is 1.89 bits per heavy atom. The first kappa shape index (κ1) is 12.5. The SMILES string of the molecule is CC(=O)Oc1ccc(CC(=O)c2cccs2)cc1. The van der Waals surface area contributed by atoms with E-state index in [9.17, 15) is 9.59 Å². The molecule has 0 saturated heterocycles. The minimum Gasteiger partial charge on any atom is -0.427 e. The van der Waals surface area contributed by atoms with Gasteiger partial charge in [0.05, 0.1) is 4.88 Å². The van der Waals surface area contributed by atoms with Gasteiger partial charge in [-0.05, 0) is 29.1 Å². The fourth-order valence-electron chi connectivity index (χ4n) is 1.55. The number of ether oxygens (including phenoxy) is 1. The number of hydrogen-bond acceptors (Lipinski definition) is 4. The van der Waals surface area contributed by atoms with Crippen LogP contribution < -0.4 is 4.74 Å². The third kappa shape index (κ3) is 3.28. The van der Waals surface area contributed by atoms with E-state index in [-0.39, 0.29) is 11.8 Å². The largest absolute Gasteiger partial charge is 0.427 e. The highest BCUT2D eigenvalue weighted by molar-refractivity contribution is 7.12. The molecule has 0 aliphatic heterocycles. The zero-order valence-electron chi connectivity index (χ0n) is 9.88. The summed E-state index contributed by atoms with van der Waals surface area (Å²) in [5.41, 5.74) is 0.907. The smallest absolute Gasteiger partial charge is 0.308 e. The van der Waals surface area contributed by atoms with E-state index in [0.717, 1.165) is 10.4 Å². The third-order valence-electron chi connectivity index (χ3n) is 2.35. The van der Waals surface area contributed by atoms with Crippen molar-refractivity contribution in [3.05, 3.63) is 52.2 Å². The fourth-order valence-corrected chi connectivity index (χ4v) is 2.22. The van der Waals surface area contributed by atoms with Crippen LogP contribution in [0.25, 0.3) is 0 Å². The number of rotatable bonds is 4. The molecule has 2 aromatic rings. The number of benzene rings is 1. The summed E-state index contributed by atoms with van der Waals surface area (Å²) in [6.45, 7) is 1.36. The van der Waals surface area contributed by atoms with Gasteiger partial charge in [0, 0.05) is 13.3 Å². The van der Waals surface area contributed by atoms with Crippen molar-refractivity contribution < 1.29 is 14.3 Å². The van der Waals surface area contributed by atoms with Crippen LogP contribution in [-0.4, -0.2) is 11.8 Å². The summed E-state index contributed by atoms with van der Waals surface area (Å²) < 4.78 is 4.92. The first-order valence-corrected chi connectivity index (χ1v) is 6.37. The van der Waals surface area contributed by atoms with Gasteiger partial charge in [0.1, 0.15) is 5.75 Å². The van der Waals surface area contributed by atoms with Crippen molar-refractivity contribution in [3.8, 4) is 5.75 Å². The van der Waals surface area contributed by atoms with Gasteiger partial charge in [0.25, 0.3) is 0 Å². The maximum Gasteiger partial charge on any atom is 0.308 e. The van der Waals surface area contributed by atoms with Crippen LogP contribution in [0.1, 0.15) is 22.2 Å². The number of hydrogen-bond donors (Lipinski definition) is 0. The molecule has 0 saturated carbocycles. The van der Waals surface area contributed by atoms with Crippen LogP contribution in [0.15, 0.2) is 41.8 Å². The normalized spacial score (nSPS) is 10.1. The Kier molecular flexibility index (Phi) is 3.89. The molecule has 0 aliphatic rings. The Balaban J connectivity index is 2.02. The van der Waals surface area contributed by atoms with E-state index in [0.29, 0.717) is 12.2 Å². The summed E-state index contributed by atoms with van der Waals surface area (Å²) in [6, 6.07) is 10.7. The lowest BCUT2D eigenvalue weighted by Gasteiger charge is -2.03. The Morgan fingerprint density at radius 3 is 2.44 bits per heavy atom. The lowest BCUT2D eigenvalue weighted by Crippen LogP contribution is -2.03. The van der Waals surface area contributed by atoms with Crippen molar-refractivity contribution in [1.82, 2.24) is 0 Å². The van der Waals surface area contributed by atoms with Crippen molar-refractivity contribution in [3.63, 3.8) is 0 Å². The summed E-state index contributed by atoms with van der Waals surface area (Å²) in [7, 11) is 0. The van der Waals surface area contributed by atoms with Crippen LogP contribution in [-0.2, 0) is 11.2 Å². The summed E-state index contributed by atoms with van der Waals surface area (Å²) in [6.07, 6.45) is 0.362. The molecule has 4 heteroatoms. The molecule has 0 radical (unpaired) electrons. The second-order valence-corrected chi connectivity index (χ2v) is 4.76. The van der Waals surface area contributed by atoms with Gasteiger partial charge in [-0.25, -0.2) is 0 Å². The predicted octanol–water partition coefficient (Wildman–Crippen LogP) is 3.10. The first-order valence-electron chi connectivity index (χ1n) is 5.49. The van der Waals surface area contributed by atoms with E-state index in [1.807, 2.05) is 17.5 Å². The van der Waals surface area contributed by atoms with E-state index < -0.39 is 0 Å². The van der Waals surface area contributed by atoms with Crippen molar-refractivity contribution in [2.75, 3.05) is 0 Å². The molecule has 0 spiro atoms. The van der Waals surface area contributed by atoms with Gasteiger partial charge in [0.2, 0.25) is 0 Å². The summed E-state index contributed by atoms with van der Waals surface area (Å²) in [4.78, 5) is 23.4. The van der Waals surface area contributed by atoms with Crippen LogP contribution >= 0.6 is 11.3 Å². The standard InChI is InChI=1S/C14H12O3S/c1-10(15)17-12-6-4-11(5-7-12)9-13(16)14-3-2-8-18-14/h2-8H,9H2,1H3. The van der Waals surface area contributed by atoms with Gasteiger partial charge >= 0.3 is 5.97 Å². The average Bonchev–Trinajstić information content (AvgIpc) is 2.84. The molecule has 0 bridgehead atoms. The highest BCUT2D eigenvalue weighted by Crippen LogP contribution is 2.16. The van der Waals surface area contributed by atoms with Crippen molar-refractivity contribution in [2.45, 2.75) is 13.3 Å². The minimum absolute atomic E-state index is 0.102. The number of carbonyl (C=O) groups is 2. The summed E-state index contributed by atoms with van der Waals surface area (Å²) >= 11 is 1.44. The van der Waals surface area contributed by atoms with Gasteiger partial charge in [-0.15, -0.1) is 11.3 Å². The van der Waals surface area contributed by atoms with Crippen LogP contribution in [0.4, 0.5) is 0 Å². The molecular formula is C14H12O3S. The van der Waals surface area contributed by atoms with Crippen molar-refractivity contribution in [1.29, 1.82) is 0 Å².